The molecule has 3 atom stereocenters. The molecular formula is C18H23NO3. The molecule has 0 aliphatic heterocycles. The third-order valence-corrected chi connectivity index (χ3v) is 4.29. The van der Waals surface area contributed by atoms with Crippen LogP contribution in [0, 0.1) is 5.92 Å². The molecule has 4 nitrogen and oxygen atoms in total. The first-order chi connectivity index (χ1) is 10.7. The number of methoxy groups -OCH3 is 1. The van der Waals surface area contributed by atoms with Crippen molar-refractivity contribution in [3.05, 3.63) is 53.5 Å². The van der Waals surface area contributed by atoms with Gasteiger partial charge in [-0.05, 0) is 42.2 Å². The Hall–Kier alpha value is -1.78. The molecule has 1 aromatic carbocycles. The number of rotatable bonds is 7. The van der Waals surface area contributed by atoms with E-state index in [1.165, 1.54) is 6.42 Å². The average molecular weight is 301 g/mol. The second-order valence-electron chi connectivity index (χ2n) is 6.04. The molecule has 1 fully saturated rings. The van der Waals surface area contributed by atoms with Crippen molar-refractivity contribution in [3.8, 4) is 5.75 Å². The molecule has 3 unspecified atom stereocenters. The van der Waals surface area contributed by atoms with Crippen molar-refractivity contribution in [1.29, 1.82) is 0 Å². The van der Waals surface area contributed by atoms with E-state index in [9.17, 15) is 5.11 Å². The number of aliphatic hydroxyl groups is 1. The van der Waals surface area contributed by atoms with Crippen molar-refractivity contribution in [2.24, 2.45) is 5.92 Å². The minimum atomic E-state index is -0.538. The lowest BCUT2D eigenvalue weighted by molar-refractivity contribution is 0.173. The predicted octanol–water partition coefficient (Wildman–Crippen LogP) is 3.23. The van der Waals surface area contributed by atoms with Crippen LogP contribution in [0.4, 0.5) is 0 Å². The van der Waals surface area contributed by atoms with Crippen molar-refractivity contribution in [1.82, 2.24) is 5.32 Å². The molecule has 0 spiro atoms. The summed E-state index contributed by atoms with van der Waals surface area (Å²) in [4.78, 5) is 0. The van der Waals surface area contributed by atoms with Gasteiger partial charge in [0.2, 0.25) is 0 Å². The van der Waals surface area contributed by atoms with Gasteiger partial charge in [0, 0.05) is 12.5 Å². The van der Waals surface area contributed by atoms with Gasteiger partial charge in [0.1, 0.15) is 17.3 Å². The predicted molar refractivity (Wildman–Crippen MR) is 84.9 cm³/mol. The molecule has 0 bridgehead atoms. The highest BCUT2D eigenvalue weighted by atomic mass is 16.5. The van der Waals surface area contributed by atoms with Crippen LogP contribution < -0.4 is 10.1 Å². The molecule has 1 aromatic heterocycles. The van der Waals surface area contributed by atoms with Crippen molar-refractivity contribution >= 4 is 0 Å². The summed E-state index contributed by atoms with van der Waals surface area (Å²) in [6.07, 6.45) is 0.695. The highest BCUT2D eigenvalue weighted by Gasteiger charge is 2.36. The summed E-state index contributed by atoms with van der Waals surface area (Å²) in [6, 6.07) is 11.6. The zero-order valence-electron chi connectivity index (χ0n) is 13.1. The quantitative estimate of drug-likeness (QED) is 0.824. The second-order valence-corrected chi connectivity index (χ2v) is 6.04. The fraction of sp³-hybridized carbons (Fsp3) is 0.444. The molecule has 3 rings (SSSR count). The maximum Gasteiger partial charge on any atom is 0.118 e. The van der Waals surface area contributed by atoms with E-state index in [4.69, 9.17) is 9.15 Å². The van der Waals surface area contributed by atoms with Crippen molar-refractivity contribution in [3.63, 3.8) is 0 Å². The zero-order valence-corrected chi connectivity index (χ0v) is 13.1. The Morgan fingerprint density at radius 3 is 2.64 bits per heavy atom. The first-order valence-corrected chi connectivity index (χ1v) is 7.78. The maximum atomic E-state index is 10.2. The normalized spacial score (nSPS) is 21.6. The molecule has 1 heterocycles. The van der Waals surface area contributed by atoms with Crippen LogP contribution in [0.15, 0.2) is 40.8 Å². The van der Waals surface area contributed by atoms with Crippen LogP contribution in [0.3, 0.4) is 0 Å². The van der Waals surface area contributed by atoms with E-state index >= 15 is 0 Å². The first-order valence-electron chi connectivity index (χ1n) is 7.78. The number of hydrogen-bond acceptors (Lipinski definition) is 4. The Bertz CT molecular complexity index is 605. The number of nitrogens with one attached hydrogen (secondary N) is 1. The molecule has 22 heavy (non-hydrogen) atoms. The van der Waals surface area contributed by atoms with Crippen LogP contribution in [0.1, 0.15) is 42.5 Å². The van der Waals surface area contributed by atoms with Gasteiger partial charge in [-0.15, -0.1) is 0 Å². The van der Waals surface area contributed by atoms with Crippen LogP contribution in [0.2, 0.25) is 0 Å². The number of benzene rings is 1. The van der Waals surface area contributed by atoms with Gasteiger partial charge in [-0.1, -0.05) is 19.1 Å². The van der Waals surface area contributed by atoms with Gasteiger partial charge in [-0.2, -0.15) is 0 Å². The Morgan fingerprint density at radius 1 is 1.27 bits per heavy atom. The van der Waals surface area contributed by atoms with Crippen molar-refractivity contribution in [2.45, 2.75) is 31.9 Å². The number of hydrogen-bond donors (Lipinski definition) is 2. The lowest BCUT2D eigenvalue weighted by atomic mass is 10.1. The molecule has 0 saturated heterocycles. The molecule has 1 aliphatic carbocycles. The van der Waals surface area contributed by atoms with Crippen LogP contribution in [0.5, 0.6) is 5.75 Å². The SMILES string of the molecule is COc1ccc(C(O)CNCc2ccc(C3CC3C)o2)cc1. The number of furan rings is 1. The standard InChI is InChI=1S/C18H23NO3/c1-12-9-16(12)18-8-7-15(22-18)10-19-11-17(20)13-3-5-14(21-2)6-4-13/h3-8,12,16-17,19-20H,9-11H2,1-2H3. The highest BCUT2D eigenvalue weighted by Crippen LogP contribution is 2.47. The van der Waals surface area contributed by atoms with E-state index in [1.807, 2.05) is 30.3 Å². The van der Waals surface area contributed by atoms with E-state index in [1.54, 1.807) is 7.11 Å². The molecular weight excluding hydrogens is 278 g/mol. The van der Waals surface area contributed by atoms with Gasteiger partial charge >= 0.3 is 0 Å². The Morgan fingerprint density at radius 2 is 2.00 bits per heavy atom. The van der Waals surface area contributed by atoms with E-state index < -0.39 is 6.10 Å². The van der Waals surface area contributed by atoms with Crippen LogP contribution in [0.25, 0.3) is 0 Å². The Kier molecular flexibility index (Phi) is 4.50. The summed E-state index contributed by atoms with van der Waals surface area (Å²) in [5.74, 6) is 4.18. The molecule has 118 valence electrons. The number of ether oxygens (including phenoxy) is 1. The first kappa shape index (κ1) is 15.1. The molecule has 2 aromatic rings. The molecule has 0 radical (unpaired) electrons. The van der Waals surface area contributed by atoms with Gasteiger partial charge in [0.05, 0.1) is 19.8 Å². The van der Waals surface area contributed by atoms with Crippen LogP contribution in [-0.4, -0.2) is 18.8 Å². The summed E-state index contributed by atoms with van der Waals surface area (Å²) in [6.45, 7) is 3.37. The summed E-state index contributed by atoms with van der Waals surface area (Å²) >= 11 is 0. The van der Waals surface area contributed by atoms with Crippen molar-refractivity contribution < 1.29 is 14.3 Å². The summed E-state index contributed by atoms with van der Waals surface area (Å²) in [7, 11) is 1.63. The minimum absolute atomic E-state index is 0.488. The summed E-state index contributed by atoms with van der Waals surface area (Å²) in [5, 5.41) is 13.4. The fourth-order valence-corrected chi connectivity index (χ4v) is 2.68. The largest absolute Gasteiger partial charge is 0.497 e. The Labute approximate surface area is 131 Å². The average Bonchev–Trinajstić information content (AvgIpc) is 3.09. The topological polar surface area (TPSA) is 54.6 Å². The van der Waals surface area contributed by atoms with E-state index in [0.717, 1.165) is 28.8 Å². The second kappa shape index (κ2) is 6.55. The third-order valence-electron chi connectivity index (χ3n) is 4.29. The van der Waals surface area contributed by atoms with Gasteiger partial charge in [-0.3, -0.25) is 0 Å². The van der Waals surface area contributed by atoms with Crippen LogP contribution >= 0.6 is 0 Å². The molecule has 1 aliphatic rings. The van der Waals surface area contributed by atoms with E-state index in [0.29, 0.717) is 19.0 Å². The van der Waals surface area contributed by atoms with Gasteiger partial charge in [0.15, 0.2) is 0 Å². The molecule has 4 heteroatoms. The van der Waals surface area contributed by atoms with E-state index in [2.05, 4.69) is 18.3 Å². The monoisotopic (exact) mass is 301 g/mol. The zero-order chi connectivity index (χ0) is 15.5. The minimum Gasteiger partial charge on any atom is -0.497 e. The molecule has 1 saturated carbocycles. The summed E-state index contributed by atoms with van der Waals surface area (Å²) < 4.78 is 10.9. The van der Waals surface area contributed by atoms with E-state index in [-0.39, 0.29) is 0 Å². The van der Waals surface area contributed by atoms with Crippen LogP contribution in [-0.2, 0) is 6.54 Å². The lowest BCUT2D eigenvalue weighted by Crippen LogP contribution is -2.20. The highest BCUT2D eigenvalue weighted by molar-refractivity contribution is 5.28. The lowest BCUT2D eigenvalue weighted by Gasteiger charge is -2.12. The molecule has 2 N–H and O–H groups in total. The number of aliphatic hydroxyl groups excluding tert-OH is 1. The van der Waals surface area contributed by atoms with Gasteiger partial charge in [0.25, 0.3) is 0 Å². The molecule has 0 amide bonds. The third kappa shape index (κ3) is 3.51. The fourth-order valence-electron chi connectivity index (χ4n) is 2.68. The Balaban J connectivity index is 1.46. The van der Waals surface area contributed by atoms with Gasteiger partial charge < -0.3 is 19.6 Å². The smallest absolute Gasteiger partial charge is 0.118 e. The maximum absolute atomic E-state index is 10.2. The van der Waals surface area contributed by atoms with Crippen molar-refractivity contribution in [2.75, 3.05) is 13.7 Å². The summed E-state index contributed by atoms with van der Waals surface area (Å²) in [5.41, 5.74) is 0.875. The van der Waals surface area contributed by atoms with Gasteiger partial charge in [-0.25, -0.2) is 0 Å².